The number of aliphatic hydroxyl groups excluding tert-OH is 1. The number of hydrogen-bond acceptors (Lipinski definition) is 3. The van der Waals surface area contributed by atoms with E-state index in [0.29, 0.717) is 19.4 Å². The summed E-state index contributed by atoms with van der Waals surface area (Å²) in [4.78, 5) is 12.6. The first kappa shape index (κ1) is 13.7. The summed E-state index contributed by atoms with van der Waals surface area (Å²) in [5, 5.41) is 11.3. The van der Waals surface area contributed by atoms with Crippen LogP contribution in [0.15, 0.2) is 15.9 Å². The van der Waals surface area contributed by atoms with E-state index >= 15 is 0 Å². The van der Waals surface area contributed by atoms with Gasteiger partial charge in [-0.15, -0.1) is 11.3 Å². The maximum atomic E-state index is 11.3. The van der Waals surface area contributed by atoms with Crippen molar-refractivity contribution in [1.82, 2.24) is 5.32 Å². The summed E-state index contributed by atoms with van der Waals surface area (Å²) in [5.74, 6) is 0.0732. The SMILES string of the molecule is O=C(CCCc1ccc(Br)s1)NCCCO. The van der Waals surface area contributed by atoms with Gasteiger partial charge in [0.2, 0.25) is 5.91 Å². The molecule has 0 saturated carbocycles. The average Bonchev–Trinajstić information content (AvgIpc) is 2.65. The van der Waals surface area contributed by atoms with Gasteiger partial charge in [0.05, 0.1) is 3.79 Å². The van der Waals surface area contributed by atoms with Crippen LogP contribution in [0.4, 0.5) is 0 Å². The fourth-order valence-corrected chi connectivity index (χ4v) is 2.83. The Morgan fingerprint density at radius 3 is 2.88 bits per heavy atom. The minimum absolute atomic E-state index is 0.0732. The Kier molecular flexibility index (Phi) is 6.68. The Hall–Kier alpha value is -0.390. The lowest BCUT2D eigenvalue weighted by Gasteiger charge is -2.02. The van der Waals surface area contributed by atoms with Gasteiger partial charge < -0.3 is 10.4 Å². The lowest BCUT2D eigenvalue weighted by atomic mass is 10.2. The van der Waals surface area contributed by atoms with Crippen molar-refractivity contribution in [2.45, 2.75) is 25.7 Å². The normalized spacial score (nSPS) is 10.4. The molecule has 0 aromatic carbocycles. The summed E-state index contributed by atoms with van der Waals surface area (Å²) in [5.41, 5.74) is 0. The molecule has 5 heteroatoms. The molecule has 3 nitrogen and oxygen atoms in total. The van der Waals surface area contributed by atoms with Crippen LogP contribution in [0.1, 0.15) is 24.1 Å². The van der Waals surface area contributed by atoms with Crippen molar-refractivity contribution >= 4 is 33.2 Å². The molecule has 1 aromatic rings. The fourth-order valence-electron chi connectivity index (χ4n) is 1.30. The highest BCUT2D eigenvalue weighted by atomic mass is 79.9. The predicted octanol–water partition coefficient (Wildman–Crippen LogP) is 2.33. The molecule has 2 N–H and O–H groups in total. The van der Waals surface area contributed by atoms with Gasteiger partial charge in [0, 0.05) is 24.4 Å². The molecule has 1 amide bonds. The van der Waals surface area contributed by atoms with Gasteiger partial charge in [-0.3, -0.25) is 4.79 Å². The summed E-state index contributed by atoms with van der Waals surface area (Å²) in [6, 6.07) is 4.11. The number of carbonyl (C=O) groups excluding carboxylic acids is 1. The van der Waals surface area contributed by atoms with Crippen molar-refractivity contribution in [2.24, 2.45) is 0 Å². The zero-order valence-corrected chi connectivity index (χ0v) is 11.4. The first-order valence-corrected chi connectivity index (χ1v) is 6.95. The van der Waals surface area contributed by atoms with Crippen molar-refractivity contribution in [3.63, 3.8) is 0 Å². The van der Waals surface area contributed by atoms with Gasteiger partial charge in [-0.2, -0.15) is 0 Å². The lowest BCUT2D eigenvalue weighted by Crippen LogP contribution is -2.24. The summed E-state index contributed by atoms with van der Waals surface area (Å²) in [7, 11) is 0. The average molecular weight is 306 g/mol. The second-order valence-electron chi connectivity index (χ2n) is 3.49. The van der Waals surface area contributed by atoms with Crippen LogP contribution in [0.5, 0.6) is 0 Å². The van der Waals surface area contributed by atoms with E-state index in [1.54, 1.807) is 11.3 Å². The second kappa shape index (κ2) is 7.81. The van der Waals surface area contributed by atoms with Crippen LogP contribution in [0.2, 0.25) is 0 Å². The van der Waals surface area contributed by atoms with Crippen LogP contribution < -0.4 is 5.32 Å². The number of rotatable bonds is 7. The largest absolute Gasteiger partial charge is 0.396 e. The van der Waals surface area contributed by atoms with E-state index in [4.69, 9.17) is 5.11 Å². The number of aryl methyl sites for hydroxylation is 1. The first-order valence-electron chi connectivity index (χ1n) is 5.34. The van der Waals surface area contributed by atoms with E-state index in [2.05, 4.69) is 27.3 Å². The zero-order chi connectivity index (χ0) is 11.8. The quantitative estimate of drug-likeness (QED) is 0.760. The Morgan fingerprint density at radius 2 is 2.25 bits per heavy atom. The third-order valence-corrected chi connectivity index (χ3v) is 3.80. The van der Waals surface area contributed by atoms with Gasteiger partial charge in [-0.25, -0.2) is 0 Å². The first-order chi connectivity index (χ1) is 7.72. The molecule has 1 aromatic heterocycles. The highest BCUT2D eigenvalue weighted by Gasteiger charge is 2.02. The molecule has 90 valence electrons. The van der Waals surface area contributed by atoms with E-state index in [9.17, 15) is 4.79 Å². The van der Waals surface area contributed by atoms with E-state index in [1.807, 2.05) is 6.07 Å². The number of thiophene rings is 1. The molecular formula is C11H16BrNO2S. The number of halogens is 1. The van der Waals surface area contributed by atoms with Crippen LogP contribution >= 0.6 is 27.3 Å². The molecule has 1 heterocycles. The third-order valence-electron chi connectivity index (χ3n) is 2.11. The molecule has 0 saturated heterocycles. The Bertz CT molecular complexity index is 328. The van der Waals surface area contributed by atoms with Gasteiger partial charge in [-0.1, -0.05) is 0 Å². The Morgan fingerprint density at radius 1 is 1.44 bits per heavy atom. The minimum Gasteiger partial charge on any atom is -0.396 e. The molecule has 0 radical (unpaired) electrons. The summed E-state index contributed by atoms with van der Waals surface area (Å²) < 4.78 is 1.13. The van der Waals surface area contributed by atoms with Crippen molar-refractivity contribution in [3.05, 3.63) is 20.8 Å². The fraction of sp³-hybridized carbons (Fsp3) is 0.545. The molecule has 1 rings (SSSR count). The summed E-state index contributed by atoms with van der Waals surface area (Å²) in [6.07, 6.45) is 3.01. The van der Waals surface area contributed by atoms with Gasteiger partial charge in [0.15, 0.2) is 0 Å². The maximum absolute atomic E-state index is 11.3. The smallest absolute Gasteiger partial charge is 0.220 e. The maximum Gasteiger partial charge on any atom is 0.220 e. The lowest BCUT2D eigenvalue weighted by molar-refractivity contribution is -0.121. The van der Waals surface area contributed by atoms with Crippen molar-refractivity contribution in [1.29, 1.82) is 0 Å². The standard InChI is InChI=1S/C11H16BrNO2S/c12-10-6-5-9(16-10)3-1-4-11(15)13-7-2-8-14/h5-6,14H,1-4,7-8H2,(H,13,15). The Labute approximate surface area is 108 Å². The molecule has 16 heavy (non-hydrogen) atoms. The second-order valence-corrected chi connectivity index (χ2v) is 6.03. The van der Waals surface area contributed by atoms with Crippen LogP contribution in [0.25, 0.3) is 0 Å². The van der Waals surface area contributed by atoms with Crippen LogP contribution in [0.3, 0.4) is 0 Å². The van der Waals surface area contributed by atoms with Gasteiger partial charge in [0.1, 0.15) is 0 Å². The topological polar surface area (TPSA) is 49.3 Å². The number of amides is 1. The molecule has 0 unspecified atom stereocenters. The highest BCUT2D eigenvalue weighted by molar-refractivity contribution is 9.11. The highest BCUT2D eigenvalue weighted by Crippen LogP contribution is 2.23. The molecule has 0 aliphatic heterocycles. The van der Waals surface area contributed by atoms with Gasteiger partial charge >= 0.3 is 0 Å². The van der Waals surface area contributed by atoms with Crippen molar-refractivity contribution < 1.29 is 9.90 Å². The number of carbonyl (C=O) groups is 1. The predicted molar refractivity (Wildman–Crippen MR) is 69.7 cm³/mol. The van der Waals surface area contributed by atoms with Crippen LogP contribution in [-0.4, -0.2) is 24.2 Å². The zero-order valence-electron chi connectivity index (χ0n) is 9.04. The molecule has 0 fully saturated rings. The van der Waals surface area contributed by atoms with E-state index in [0.717, 1.165) is 16.6 Å². The number of hydrogen-bond donors (Lipinski definition) is 2. The van der Waals surface area contributed by atoms with Gasteiger partial charge in [-0.05, 0) is 47.3 Å². The van der Waals surface area contributed by atoms with E-state index in [-0.39, 0.29) is 12.5 Å². The number of aliphatic hydroxyl groups is 1. The molecule has 0 bridgehead atoms. The van der Waals surface area contributed by atoms with E-state index in [1.165, 1.54) is 4.88 Å². The molecule has 0 aliphatic carbocycles. The van der Waals surface area contributed by atoms with Crippen LogP contribution in [0, 0.1) is 0 Å². The van der Waals surface area contributed by atoms with E-state index < -0.39 is 0 Å². The molecule has 0 aliphatic rings. The summed E-state index contributed by atoms with van der Waals surface area (Å²) >= 11 is 5.12. The monoisotopic (exact) mass is 305 g/mol. The third kappa shape index (κ3) is 5.63. The molecule has 0 spiro atoms. The van der Waals surface area contributed by atoms with Gasteiger partial charge in [0.25, 0.3) is 0 Å². The Balaban J connectivity index is 2.08. The van der Waals surface area contributed by atoms with Crippen molar-refractivity contribution in [2.75, 3.05) is 13.2 Å². The number of nitrogens with one attached hydrogen (secondary N) is 1. The molecule has 0 atom stereocenters. The van der Waals surface area contributed by atoms with Crippen molar-refractivity contribution in [3.8, 4) is 0 Å². The molecular weight excluding hydrogens is 290 g/mol. The summed E-state index contributed by atoms with van der Waals surface area (Å²) in [6.45, 7) is 0.698. The minimum atomic E-state index is 0.0732. The van der Waals surface area contributed by atoms with Crippen LogP contribution in [-0.2, 0) is 11.2 Å².